The maximum atomic E-state index is 12.3. The molecule has 1 aromatic rings. The number of amides is 2. The first-order valence-corrected chi connectivity index (χ1v) is 9.27. The summed E-state index contributed by atoms with van der Waals surface area (Å²) in [5, 5.41) is 5.90. The van der Waals surface area contributed by atoms with Crippen LogP contribution in [0.3, 0.4) is 0 Å². The van der Waals surface area contributed by atoms with Gasteiger partial charge in [0.1, 0.15) is 0 Å². The molecule has 1 aliphatic rings. The second-order valence-corrected chi connectivity index (χ2v) is 6.88. The first-order chi connectivity index (χ1) is 12.5. The number of carbonyl (C=O) groups is 3. The zero-order valence-corrected chi connectivity index (χ0v) is 15.7. The molecule has 6 nitrogen and oxygen atoms in total. The number of esters is 1. The van der Waals surface area contributed by atoms with E-state index >= 15 is 0 Å². The van der Waals surface area contributed by atoms with Gasteiger partial charge in [-0.1, -0.05) is 49.1 Å². The molecule has 1 saturated carbocycles. The zero-order chi connectivity index (χ0) is 18.9. The van der Waals surface area contributed by atoms with Crippen LogP contribution in [0.5, 0.6) is 0 Å². The van der Waals surface area contributed by atoms with E-state index in [4.69, 9.17) is 16.3 Å². The fraction of sp³-hybridized carbons (Fsp3) is 0.526. The number of carbonyl (C=O) groups excluding carboxylic acids is 3. The van der Waals surface area contributed by atoms with Gasteiger partial charge < -0.3 is 15.4 Å². The van der Waals surface area contributed by atoms with Crippen LogP contribution in [-0.4, -0.2) is 31.4 Å². The number of hydrogen-bond donors (Lipinski definition) is 2. The summed E-state index contributed by atoms with van der Waals surface area (Å²) < 4.78 is 4.70. The van der Waals surface area contributed by atoms with Crippen LogP contribution in [0.4, 0.5) is 0 Å². The van der Waals surface area contributed by atoms with Gasteiger partial charge in [-0.3, -0.25) is 14.4 Å². The fourth-order valence-electron chi connectivity index (χ4n) is 3.17. The summed E-state index contributed by atoms with van der Waals surface area (Å²) in [6.45, 7) is -0.128. The summed E-state index contributed by atoms with van der Waals surface area (Å²) in [4.78, 5) is 36.1. The first-order valence-electron chi connectivity index (χ1n) is 8.89. The van der Waals surface area contributed by atoms with E-state index in [-0.39, 0.29) is 30.7 Å². The average molecular weight is 381 g/mol. The Morgan fingerprint density at radius 1 is 1.19 bits per heavy atom. The van der Waals surface area contributed by atoms with Crippen molar-refractivity contribution in [3.63, 3.8) is 0 Å². The molecule has 2 rings (SSSR count). The van der Waals surface area contributed by atoms with E-state index in [1.807, 2.05) is 0 Å². The van der Waals surface area contributed by atoms with Crippen LogP contribution >= 0.6 is 11.6 Å². The quantitative estimate of drug-likeness (QED) is 0.712. The van der Waals surface area contributed by atoms with E-state index < -0.39 is 12.0 Å². The molecule has 0 bridgehead atoms. The molecule has 142 valence electrons. The Labute approximate surface area is 158 Å². The van der Waals surface area contributed by atoms with Crippen molar-refractivity contribution in [3.05, 3.63) is 34.9 Å². The number of methoxy groups -OCH3 is 1. The van der Waals surface area contributed by atoms with Gasteiger partial charge in [0, 0.05) is 10.9 Å². The smallest absolute Gasteiger partial charge is 0.307 e. The molecular weight excluding hydrogens is 356 g/mol. The minimum absolute atomic E-state index is 0.00835. The summed E-state index contributed by atoms with van der Waals surface area (Å²) in [6.07, 6.45) is 4.98. The van der Waals surface area contributed by atoms with Crippen LogP contribution in [-0.2, 0) is 19.1 Å². The monoisotopic (exact) mass is 380 g/mol. The molecule has 1 fully saturated rings. The normalized spacial score (nSPS) is 15.8. The number of hydrogen-bond acceptors (Lipinski definition) is 4. The highest BCUT2D eigenvalue weighted by molar-refractivity contribution is 6.31. The zero-order valence-electron chi connectivity index (χ0n) is 14.9. The van der Waals surface area contributed by atoms with Crippen molar-refractivity contribution in [2.45, 2.75) is 44.6 Å². The third-order valence-corrected chi connectivity index (χ3v) is 4.96. The largest absolute Gasteiger partial charge is 0.469 e. The molecule has 0 aromatic heterocycles. The van der Waals surface area contributed by atoms with E-state index in [0.717, 1.165) is 32.1 Å². The lowest BCUT2D eigenvalue weighted by atomic mass is 9.89. The molecule has 1 aromatic carbocycles. The lowest BCUT2D eigenvalue weighted by Gasteiger charge is -2.22. The number of ether oxygens (including phenoxy) is 1. The highest BCUT2D eigenvalue weighted by Crippen LogP contribution is 2.25. The Hall–Kier alpha value is -2.08. The van der Waals surface area contributed by atoms with E-state index in [1.165, 1.54) is 7.11 Å². The summed E-state index contributed by atoms with van der Waals surface area (Å²) in [6, 6.07) is 6.38. The molecule has 1 atom stereocenters. The van der Waals surface area contributed by atoms with Crippen molar-refractivity contribution >= 4 is 29.4 Å². The molecule has 0 saturated heterocycles. The molecule has 0 radical (unpaired) electrons. The first kappa shape index (κ1) is 20.2. The molecule has 0 spiro atoms. The Balaban J connectivity index is 1.94. The molecule has 1 unspecified atom stereocenters. The van der Waals surface area contributed by atoms with Crippen LogP contribution < -0.4 is 10.6 Å². The van der Waals surface area contributed by atoms with E-state index in [0.29, 0.717) is 10.6 Å². The predicted molar refractivity (Wildman–Crippen MR) is 98.6 cm³/mol. The second kappa shape index (κ2) is 10.2. The minimum Gasteiger partial charge on any atom is -0.469 e. The Morgan fingerprint density at radius 2 is 1.88 bits per heavy atom. The van der Waals surface area contributed by atoms with Crippen molar-refractivity contribution < 1.29 is 19.1 Å². The van der Waals surface area contributed by atoms with Crippen LogP contribution in [0.2, 0.25) is 5.02 Å². The van der Waals surface area contributed by atoms with Gasteiger partial charge in [-0.05, 0) is 24.5 Å². The van der Waals surface area contributed by atoms with Crippen LogP contribution in [0.25, 0.3) is 0 Å². The van der Waals surface area contributed by atoms with Gasteiger partial charge in [-0.15, -0.1) is 0 Å². The van der Waals surface area contributed by atoms with E-state index in [9.17, 15) is 14.4 Å². The number of halogens is 1. The molecule has 2 N–H and O–H groups in total. The maximum Gasteiger partial charge on any atom is 0.307 e. The molecule has 0 heterocycles. The van der Waals surface area contributed by atoms with Gasteiger partial charge in [0.05, 0.1) is 26.1 Å². The molecular formula is C19H25ClN2O4. The van der Waals surface area contributed by atoms with Crippen molar-refractivity contribution in [1.82, 2.24) is 10.6 Å². The Morgan fingerprint density at radius 3 is 2.54 bits per heavy atom. The van der Waals surface area contributed by atoms with Gasteiger partial charge in [0.15, 0.2) is 0 Å². The average Bonchev–Trinajstić information content (AvgIpc) is 2.66. The topological polar surface area (TPSA) is 84.5 Å². The van der Waals surface area contributed by atoms with E-state index in [2.05, 4.69) is 10.6 Å². The minimum atomic E-state index is -0.616. The highest BCUT2D eigenvalue weighted by atomic mass is 35.5. The van der Waals surface area contributed by atoms with Crippen LogP contribution in [0.15, 0.2) is 24.3 Å². The van der Waals surface area contributed by atoms with Gasteiger partial charge >= 0.3 is 5.97 Å². The molecule has 2 amide bonds. The Bertz CT molecular complexity index is 644. The van der Waals surface area contributed by atoms with Crippen LogP contribution in [0, 0.1) is 5.92 Å². The summed E-state index contributed by atoms with van der Waals surface area (Å²) in [7, 11) is 1.29. The third-order valence-electron chi connectivity index (χ3n) is 4.61. The van der Waals surface area contributed by atoms with Crippen molar-refractivity contribution in [3.8, 4) is 0 Å². The van der Waals surface area contributed by atoms with E-state index in [1.54, 1.807) is 24.3 Å². The van der Waals surface area contributed by atoms with Crippen molar-refractivity contribution in [2.24, 2.45) is 5.92 Å². The standard InChI is InChI=1S/C19H25ClN2O4/c1-26-18(24)11-16(14-9-5-6-10-15(14)20)22-17(23)12-21-19(25)13-7-3-2-4-8-13/h5-6,9-10,13,16H,2-4,7-8,11-12H2,1H3,(H,21,25)(H,22,23). The fourth-order valence-corrected chi connectivity index (χ4v) is 3.44. The molecule has 7 heteroatoms. The summed E-state index contributed by atoms with van der Waals surface area (Å²) in [5.41, 5.74) is 0.631. The summed E-state index contributed by atoms with van der Waals surface area (Å²) >= 11 is 6.18. The lowest BCUT2D eigenvalue weighted by Crippen LogP contribution is -2.41. The third kappa shape index (κ3) is 6.02. The second-order valence-electron chi connectivity index (χ2n) is 6.47. The number of benzene rings is 1. The highest BCUT2D eigenvalue weighted by Gasteiger charge is 2.23. The molecule has 0 aliphatic heterocycles. The van der Waals surface area contributed by atoms with Crippen molar-refractivity contribution in [1.29, 1.82) is 0 Å². The summed E-state index contributed by atoms with van der Waals surface area (Å²) in [5.74, 6) is -0.919. The number of nitrogens with one attached hydrogen (secondary N) is 2. The predicted octanol–water partition coefficient (Wildman–Crippen LogP) is 2.76. The lowest BCUT2D eigenvalue weighted by molar-refractivity contribution is -0.141. The maximum absolute atomic E-state index is 12.3. The number of rotatable bonds is 7. The van der Waals surface area contributed by atoms with Gasteiger partial charge in [-0.2, -0.15) is 0 Å². The molecule has 26 heavy (non-hydrogen) atoms. The van der Waals surface area contributed by atoms with Gasteiger partial charge in [0.25, 0.3) is 0 Å². The SMILES string of the molecule is COC(=O)CC(NC(=O)CNC(=O)C1CCCCC1)c1ccccc1Cl. The van der Waals surface area contributed by atoms with Gasteiger partial charge in [0.2, 0.25) is 11.8 Å². The van der Waals surface area contributed by atoms with Gasteiger partial charge in [-0.25, -0.2) is 0 Å². The Kier molecular flexibility index (Phi) is 7.91. The van der Waals surface area contributed by atoms with Crippen LogP contribution in [0.1, 0.15) is 50.1 Å². The van der Waals surface area contributed by atoms with Crippen molar-refractivity contribution in [2.75, 3.05) is 13.7 Å². The molecule has 1 aliphatic carbocycles.